The van der Waals surface area contributed by atoms with Gasteiger partial charge in [-0.25, -0.2) is 0 Å². The van der Waals surface area contributed by atoms with Gasteiger partial charge in [0.1, 0.15) is 5.60 Å². The second-order valence-corrected chi connectivity index (χ2v) is 10.3. The predicted octanol–water partition coefficient (Wildman–Crippen LogP) is 2.73. The van der Waals surface area contributed by atoms with Gasteiger partial charge in [0.15, 0.2) is 0 Å². The fraction of sp³-hybridized carbons (Fsp3) is 0.517. The molecule has 2 aromatic rings. The lowest BCUT2D eigenvalue weighted by atomic mass is 9.74. The molecule has 1 amide bonds. The number of carbonyl (C=O) groups is 1. The monoisotopic (exact) mass is 473 g/mol. The van der Waals surface area contributed by atoms with Gasteiger partial charge in [0.25, 0.3) is 0 Å². The number of pyridine rings is 1. The van der Waals surface area contributed by atoms with Gasteiger partial charge < -0.3 is 15.1 Å². The van der Waals surface area contributed by atoms with Crippen molar-refractivity contribution in [2.45, 2.75) is 68.5 Å². The van der Waals surface area contributed by atoms with Crippen LogP contribution in [0.1, 0.15) is 61.1 Å². The summed E-state index contributed by atoms with van der Waals surface area (Å²) in [6.07, 6.45) is 9.44. The molecule has 1 aromatic carbocycles. The summed E-state index contributed by atoms with van der Waals surface area (Å²) >= 11 is 0. The highest BCUT2D eigenvalue weighted by atomic mass is 16.3. The maximum Gasteiger partial charge on any atom is 0.227 e. The highest BCUT2D eigenvalue weighted by Crippen LogP contribution is 2.42. The van der Waals surface area contributed by atoms with Crippen LogP contribution in [0.3, 0.4) is 0 Å². The van der Waals surface area contributed by atoms with Crippen molar-refractivity contribution in [3.8, 4) is 11.8 Å². The first-order valence-corrected chi connectivity index (χ1v) is 13.0. The van der Waals surface area contributed by atoms with Crippen LogP contribution in [0.4, 0.5) is 0 Å². The normalized spacial score (nSPS) is 26.0. The summed E-state index contributed by atoms with van der Waals surface area (Å²) in [7, 11) is 0. The molecule has 2 N–H and O–H groups in total. The average molecular weight is 474 g/mol. The van der Waals surface area contributed by atoms with E-state index in [9.17, 15) is 15.0 Å². The number of hydrogen-bond acceptors (Lipinski definition) is 5. The number of hydrogen-bond donors (Lipinski definition) is 2. The van der Waals surface area contributed by atoms with Crippen molar-refractivity contribution in [1.29, 1.82) is 0 Å². The van der Waals surface area contributed by atoms with Crippen LogP contribution in [0.25, 0.3) is 0 Å². The van der Waals surface area contributed by atoms with Crippen molar-refractivity contribution in [2.75, 3.05) is 26.2 Å². The summed E-state index contributed by atoms with van der Waals surface area (Å²) < 4.78 is 0. The fourth-order valence-corrected chi connectivity index (χ4v) is 6.02. The van der Waals surface area contributed by atoms with Gasteiger partial charge in [-0.05, 0) is 74.4 Å². The molecule has 0 radical (unpaired) electrons. The molecule has 184 valence electrons. The number of nitrogens with zero attached hydrogens (tertiary/aromatic N) is 3. The van der Waals surface area contributed by atoms with Crippen molar-refractivity contribution in [2.24, 2.45) is 0 Å². The molecule has 2 aliphatic heterocycles. The predicted molar refractivity (Wildman–Crippen MR) is 135 cm³/mol. The molecule has 6 heteroatoms. The van der Waals surface area contributed by atoms with E-state index in [2.05, 4.69) is 33.9 Å². The largest absolute Gasteiger partial charge is 0.395 e. The fourth-order valence-electron chi connectivity index (χ4n) is 6.02. The third-order valence-electron chi connectivity index (χ3n) is 7.97. The van der Waals surface area contributed by atoms with E-state index in [0.29, 0.717) is 13.0 Å². The van der Waals surface area contributed by atoms with Gasteiger partial charge in [-0.1, -0.05) is 30.0 Å². The van der Waals surface area contributed by atoms with Gasteiger partial charge in [-0.2, -0.15) is 0 Å². The summed E-state index contributed by atoms with van der Waals surface area (Å²) in [4.78, 5) is 21.7. The Labute approximate surface area is 208 Å². The molecule has 35 heavy (non-hydrogen) atoms. The minimum atomic E-state index is -0.834. The van der Waals surface area contributed by atoms with E-state index < -0.39 is 5.60 Å². The number of carbonyl (C=O) groups excluding carboxylic acids is 1. The van der Waals surface area contributed by atoms with Gasteiger partial charge in [0.05, 0.1) is 13.0 Å². The van der Waals surface area contributed by atoms with Crippen LogP contribution < -0.4 is 0 Å². The minimum absolute atomic E-state index is 0.0736. The van der Waals surface area contributed by atoms with E-state index in [-0.39, 0.29) is 30.5 Å². The third-order valence-corrected chi connectivity index (χ3v) is 7.97. The molecular weight excluding hydrogens is 438 g/mol. The molecule has 1 aliphatic carbocycles. The van der Waals surface area contributed by atoms with E-state index in [1.165, 1.54) is 5.56 Å². The van der Waals surface area contributed by atoms with E-state index in [1.807, 2.05) is 29.2 Å². The molecular formula is C29H35N3O3. The molecule has 5 rings (SSSR count). The maximum absolute atomic E-state index is 13.1. The van der Waals surface area contributed by atoms with Crippen LogP contribution >= 0.6 is 0 Å². The Morgan fingerprint density at radius 1 is 1.09 bits per heavy atom. The van der Waals surface area contributed by atoms with Gasteiger partial charge in [-0.3, -0.25) is 14.7 Å². The quantitative estimate of drug-likeness (QED) is 0.668. The van der Waals surface area contributed by atoms with Crippen LogP contribution in [-0.2, 0) is 11.2 Å². The summed E-state index contributed by atoms with van der Waals surface area (Å²) in [6.45, 7) is 2.52. The molecule has 3 aliphatic rings. The average Bonchev–Trinajstić information content (AvgIpc) is 3.30. The van der Waals surface area contributed by atoms with Crippen LogP contribution in [-0.4, -0.2) is 74.8 Å². The Morgan fingerprint density at radius 2 is 1.86 bits per heavy atom. The topological polar surface area (TPSA) is 76.9 Å². The van der Waals surface area contributed by atoms with Gasteiger partial charge >= 0.3 is 0 Å². The number of amides is 1. The van der Waals surface area contributed by atoms with Crippen LogP contribution in [0.2, 0.25) is 0 Å². The number of benzene rings is 1. The summed E-state index contributed by atoms with van der Waals surface area (Å²) in [5, 5.41) is 20.7. The first kappa shape index (κ1) is 24.0. The number of aromatic nitrogens is 1. The van der Waals surface area contributed by atoms with Crippen LogP contribution in [0.5, 0.6) is 0 Å². The van der Waals surface area contributed by atoms with E-state index in [1.54, 1.807) is 12.4 Å². The number of rotatable bonds is 4. The Bertz CT molecular complexity index is 1070. The Morgan fingerprint density at radius 3 is 2.57 bits per heavy atom. The second kappa shape index (κ2) is 10.5. The Kier molecular flexibility index (Phi) is 7.19. The summed E-state index contributed by atoms with van der Waals surface area (Å²) in [5.41, 5.74) is 2.18. The molecule has 2 saturated heterocycles. The van der Waals surface area contributed by atoms with Crippen molar-refractivity contribution < 1.29 is 15.0 Å². The van der Waals surface area contributed by atoms with E-state index >= 15 is 0 Å². The van der Waals surface area contributed by atoms with Crippen molar-refractivity contribution in [3.63, 3.8) is 0 Å². The van der Waals surface area contributed by atoms with Crippen molar-refractivity contribution in [1.82, 2.24) is 14.8 Å². The molecule has 3 atom stereocenters. The lowest BCUT2D eigenvalue weighted by Crippen LogP contribution is -2.68. The van der Waals surface area contributed by atoms with Gasteiger partial charge in [0, 0.05) is 49.0 Å². The maximum atomic E-state index is 13.1. The molecule has 3 fully saturated rings. The van der Waals surface area contributed by atoms with Gasteiger partial charge in [-0.15, -0.1) is 0 Å². The van der Waals surface area contributed by atoms with Gasteiger partial charge in [0.2, 0.25) is 5.91 Å². The zero-order valence-electron chi connectivity index (χ0n) is 20.3. The molecule has 0 unspecified atom stereocenters. The van der Waals surface area contributed by atoms with E-state index in [4.69, 9.17) is 0 Å². The lowest BCUT2D eigenvalue weighted by Gasteiger charge is -2.57. The molecule has 3 heterocycles. The SMILES string of the molecule is O=C(Cc1cccnc1)N1CCCCN2[C@H](C1)[C@@H](c1ccc(C#CC3(O)CCCC3)cc1)[C@@H]2CO. The molecule has 6 nitrogen and oxygen atoms in total. The zero-order chi connectivity index (χ0) is 24.3. The second-order valence-electron chi connectivity index (χ2n) is 10.3. The summed E-state index contributed by atoms with van der Waals surface area (Å²) in [5.74, 6) is 6.55. The Balaban J connectivity index is 1.31. The molecule has 1 saturated carbocycles. The molecule has 1 aromatic heterocycles. The minimum Gasteiger partial charge on any atom is -0.395 e. The smallest absolute Gasteiger partial charge is 0.227 e. The zero-order valence-corrected chi connectivity index (χ0v) is 20.3. The first-order valence-electron chi connectivity index (χ1n) is 13.0. The molecule has 0 bridgehead atoms. The first-order chi connectivity index (χ1) is 17.1. The standard InChI is InChI=1S/C29H35N3O3/c33-21-26-28(24-9-7-22(8-10-24)11-14-29(35)12-1-2-13-29)25-20-31(16-3-4-17-32(25)26)27(34)18-23-6-5-15-30-19-23/h5-10,15,19,25-26,28,33,35H,1-4,12-13,16-18,20-21H2/t25-,26+,28-/m1/s1. The highest BCUT2D eigenvalue weighted by molar-refractivity contribution is 5.78. The van der Waals surface area contributed by atoms with Crippen LogP contribution in [0.15, 0.2) is 48.8 Å². The van der Waals surface area contributed by atoms with Crippen molar-refractivity contribution >= 4 is 5.91 Å². The number of aliphatic hydroxyl groups is 2. The lowest BCUT2D eigenvalue weighted by molar-refractivity contribution is -0.135. The number of fused-ring (bicyclic) bond motifs is 1. The third kappa shape index (κ3) is 5.28. The van der Waals surface area contributed by atoms with E-state index in [0.717, 1.165) is 62.7 Å². The Hall–Kier alpha value is -2.72. The van der Waals surface area contributed by atoms with Crippen LogP contribution in [0, 0.1) is 11.8 Å². The molecule has 0 spiro atoms. The number of aliphatic hydroxyl groups excluding tert-OH is 1. The van der Waals surface area contributed by atoms with Crippen molar-refractivity contribution in [3.05, 3.63) is 65.5 Å². The summed E-state index contributed by atoms with van der Waals surface area (Å²) in [6, 6.07) is 12.3. The highest BCUT2D eigenvalue weighted by Gasteiger charge is 2.49.